The molecule has 1 aliphatic rings. The highest BCUT2D eigenvalue weighted by molar-refractivity contribution is 9.10. The zero-order valence-corrected chi connectivity index (χ0v) is 11.5. The summed E-state index contributed by atoms with van der Waals surface area (Å²) in [4.78, 5) is 10.9. The molecular weight excluding hydrogens is 268 g/mol. The molecule has 88 valence electrons. The number of nitrogens with one attached hydrogen (secondary N) is 1. The summed E-state index contributed by atoms with van der Waals surface area (Å²) in [6.07, 6.45) is 2.84. The lowest BCUT2D eigenvalue weighted by Gasteiger charge is -2.24. The molecule has 0 saturated carbocycles. The SMILES string of the molecule is CNc1ncnc(N2CC(C)CC2C)c1Br. The van der Waals surface area contributed by atoms with Gasteiger partial charge in [-0.3, -0.25) is 0 Å². The summed E-state index contributed by atoms with van der Waals surface area (Å²) in [5.41, 5.74) is 0. The molecule has 2 rings (SSSR count). The molecular formula is C11H17BrN4. The van der Waals surface area contributed by atoms with Crippen LogP contribution in [-0.2, 0) is 0 Å². The second-order valence-corrected chi connectivity index (χ2v) is 5.25. The van der Waals surface area contributed by atoms with E-state index in [1.165, 1.54) is 6.42 Å². The largest absolute Gasteiger partial charge is 0.372 e. The molecule has 0 aliphatic carbocycles. The molecule has 1 aromatic rings. The quantitative estimate of drug-likeness (QED) is 0.906. The number of anilines is 2. The van der Waals surface area contributed by atoms with Gasteiger partial charge < -0.3 is 10.2 Å². The maximum absolute atomic E-state index is 4.38. The van der Waals surface area contributed by atoms with Gasteiger partial charge >= 0.3 is 0 Å². The van der Waals surface area contributed by atoms with Gasteiger partial charge in [0.1, 0.15) is 22.4 Å². The first-order chi connectivity index (χ1) is 7.63. The van der Waals surface area contributed by atoms with Crippen LogP contribution in [0, 0.1) is 5.92 Å². The Balaban J connectivity index is 2.33. The van der Waals surface area contributed by atoms with Gasteiger partial charge in [0, 0.05) is 19.6 Å². The van der Waals surface area contributed by atoms with Gasteiger partial charge in [0.05, 0.1) is 0 Å². The van der Waals surface area contributed by atoms with E-state index < -0.39 is 0 Å². The van der Waals surface area contributed by atoms with E-state index in [2.05, 4.69) is 50.0 Å². The van der Waals surface area contributed by atoms with Gasteiger partial charge in [-0.2, -0.15) is 0 Å². The van der Waals surface area contributed by atoms with Gasteiger partial charge in [-0.05, 0) is 35.2 Å². The number of hydrogen-bond donors (Lipinski definition) is 1. The Kier molecular flexibility index (Phi) is 3.33. The summed E-state index contributed by atoms with van der Waals surface area (Å²) in [6, 6.07) is 0.547. The second-order valence-electron chi connectivity index (χ2n) is 4.45. The molecule has 2 unspecified atom stereocenters. The zero-order valence-electron chi connectivity index (χ0n) is 9.87. The highest BCUT2D eigenvalue weighted by Gasteiger charge is 2.29. The number of hydrogen-bond acceptors (Lipinski definition) is 4. The summed E-state index contributed by atoms with van der Waals surface area (Å²) >= 11 is 3.57. The van der Waals surface area contributed by atoms with Gasteiger partial charge in [0.2, 0.25) is 0 Å². The zero-order chi connectivity index (χ0) is 11.7. The maximum Gasteiger partial charge on any atom is 0.148 e. The lowest BCUT2D eigenvalue weighted by atomic mass is 10.1. The van der Waals surface area contributed by atoms with E-state index in [4.69, 9.17) is 0 Å². The van der Waals surface area contributed by atoms with Crippen LogP contribution in [0.2, 0.25) is 0 Å². The van der Waals surface area contributed by atoms with Crippen molar-refractivity contribution in [1.82, 2.24) is 9.97 Å². The van der Waals surface area contributed by atoms with Crippen molar-refractivity contribution in [3.05, 3.63) is 10.8 Å². The Morgan fingerprint density at radius 2 is 2.19 bits per heavy atom. The van der Waals surface area contributed by atoms with E-state index in [9.17, 15) is 0 Å². The Morgan fingerprint density at radius 1 is 1.44 bits per heavy atom. The minimum Gasteiger partial charge on any atom is -0.372 e. The molecule has 1 aliphatic heterocycles. The molecule has 1 N–H and O–H groups in total. The summed E-state index contributed by atoms with van der Waals surface area (Å²) in [6.45, 7) is 5.60. The molecule has 0 aromatic carbocycles. The topological polar surface area (TPSA) is 41.1 Å². The van der Waals surface area contributed by atoms with Crippen LogP contribution in [0.15, 0.2) is 10.8 Å². The van der Waals surface area contributed by atoms with Crippen molar-refractivity contribution in [2.24, 2.45) is 5.92 Å². The Labute approximate surface area is 105 Å². The van der Waals surface area contributed by atoms with Crippen molar-refractivity contribution in [2.45, 2.75) is 26.3 Å². The molecule has 4 nitrogen and oxygen atoms in total. The van der Waals surface area contributed by atoms with E-state index in [0.29, 0.717) is 6.04 Å². The third-order valence-corrected chi connectivity index (χ3v) is 3.79. The summed E-state index contributed by atoms with van der Waals surface area (Å²) in [5, 5.41) is 3.06. The predicted molar refractivity (Wildman–Crippen MR) is 69.9 cm³/mol. The van der Waals surface area contributed by atoms with E-state index in [-0.39, 0.29) is 0 Å². The molecule has 0 amide bonds. The standard InChI is InChI=1S/C11H17BrN4/c1-7-4-8(2)16(5-7)11-9(12)10(13-3)14-6-15-11/h6-8H,4-5H2,1-3H3,(H,13,14,15). The van der Waals surface area contributed by atoms with E-state index in [1.807, 2.05) is 7.05 Å². The molecule has 1 fully saturated rings. The molecule has 5 heteroatoms. The molecule has 0 bridgehead atoms. The molecule has 0 radical (unpaired) electrons. The lowest BCUT2D eigenvalue weighted by Crippen LogP contribution is -2.28. The fourth-order valence-corrected chi connectivity index (χ4v) is 2.96. The maximum atomic E-state index is 4.38. The number of nitrogens with zero attached hydrogens (tertiary/aromatic N) is 3. The molecule has 0 spiro atoms. The molecule has 1 saturated heterocycles. The normalized spacial score (nSPS) is 24.9. The Hall–Kier alpha value is -0.840. The van der Waals surface area contributed by atoms with Crippen LogP contribution in [0.1, 0.15) is 20.3 Å². The average Bonchev–Trinajstić information content (AvgIpc) is 2.58. The average molecular weight is 285 g/mol. The molecule has 1 aromatic heterocycles. The summed E-state index contributed by atoms with van der Waals surface area (Å²) in [7, 11) is 1.87. The highest BCUT2D eigenvalue weighted by atomic mass is 79.9. The van der Waals surface area contributed by atoms with Crippen LogP contribution in [0.3, 0.4) is 0 Å². The third kappa shape index (κ3) is 2.00. The first-order valence-electron chi connectivity index (χ1n) is 5.58. The monoisotopic (exact) mass is 284 g/mol. The Morgan fingerprint density at radius 3 is 2.75 bits per heavy atom. The molecule has 2 atom stereocenters. The molecule has 16 heavy (non-hydrogen) atoms. The van der Waals surface area contributed by atoms with Gasteiger partial charge in [-0.25, -0.2) is 9.97 Å². The summed E-state index contributed by atoms with van der Waals surface area (Å²) in [5.74, 6) is 2.57. The first kappa shape index (κ1) is 11.6. The van der Waals surface area contributed by atoms with Crippen molar-refractivity contribution >= 4 is 27.6 Å². The van der Waals surface area contributed by atoms with Crippen LogP contribution in [-0.4, -0.2) is 29.6 Å². The second kappa shape index (κ2) is 4.57. The highest BCUT2D eigenvalue weighted by Crippen LogP contribution is 2.34. The van der Waals surface area contributed by atoms with Gasteiger partial charge in [0.15, 0.2) is 0 Å². The fourth-order valence-electron chi connectivity index (χ4n) is 2.33. The number of rotatable bonds is 2. The minimum absolute atomic E-state index is 0.547. The van der Waals surface area contributed by atoms with Crippen LogP contribution in [0.25, 0.3) is 0 Å². The van der Waals surface area contributed by atoms with Crippen molar-refractivity contribution < 1.29 is 0 Å². The summed E-state index contributed by atoms with van der Waals surface area (Å²) < 4.78 is 0.957. The number of halogens is 1. The third-order valence-electron chi connectivity index (χ3n) is 3.06. The van der Waals surface area contributed by atoms with Crippen LogP contribution in [0.4, 0.5) is 11.6 Å². The smallest absolute Gasteiger partial charge is 0.148 e. The van der Waals surface area contributed by atoms with Crippen molar-refractivity contribution in [2.75, 3.05) is 23.8 Å². The first-order valence-corrected chi connectivity index (χ1v) is 6.37. The van der Waals surface area contributed by atoms with E-state index in [1.54, 1.807) is 6.33 Å². The van der Waals surface area contributed by atoms with Crippen molar-refractivity contribution in [3.8, 4) is 0 Å². The Bertz CT molecular complexity index is 382. The van der Waals surface area contributed by atoms with Crippen LogP contribution >= 0.6 is 15.9 Å². The fraction of sp³-hybridized carbons (Fsp3) is 0.636. The molecule has 2 heterocycles. The van der Waals surface area contributed by atoms with E-state index in [0.717, 1.165) is 28.6 Å². The van der Waals surface area contributed by atoms with Crippen LogP contribution in [0.5, 0.6) is 0 Å². The van der Waals surface area contributed by atoms with Crippen molar-refractivity contribution in [3.63, 3.8) is 0 Å². The van der Waals surface area contributed by atoms with Gasteiger partial charge in [0.25, 0.3) is 0 Å². The number of aromatic nitrogens is 2. The van der Waals surface area contributed by atoms with Gasteiger partial charge in [-0.1, -0.05) is 6.92 Å². The van der Waals surface area contributed by atoms with Crippen molar-refractivity contribution in [1.29, 1.82) is 0 Å². The van der Waals surface area contributed by atoms with Gasteiger partial charge in [-0.15, -0.1) is 0 Å². The predicted octanol–water partition coefficient (Wildman–Crippen LogP) is 2.52. The minimum atomic E-state index is 0.547. The lowest BCUT2D eigenvalue weighted by molar-refractivity contribution is 0.625. The van der Waals surface area contributed by atoms with E-state index >= 15 is 0 Å². The van der Waals surface area contributed by atoms with Crippen LogP contribution < -0.4 is 10.2 Å².